The Morgan fingerprint density at radius 3 is 2.93 bits per heavy atom. The van der Waals surface area contributed by atoms with Gasteiger partial charge in [-0.2, -0.15) is 0 Å². The second-order valence-corrected chi connectivity index (χ2v) is 4.51. The summed E-state index contributed by atoms with van der Waals surface area (Å²) in [6.07, 6.45) is 0. The Morgan fingerprint density at radius 2 is 2.43 bits per heavy atom. The van der Waals surface area contributed by atoms with Gasteiger partial charge in [-0.3, -0.25) is 0 Å². The fraction of sp³-hybridized carbons (Fsp3) is 0.444. The number of nitrogens with zero attached hydrogens (tertiary/aromatic N) is 1. The van der Waals surface area contributed by atoms with Crippen molar-refractivity contribution in [1.29, 1.82) is 0 Å². The minimum atomic E-state index is -0.109. The van der Waals surface area contributed by atoms with E-state index in [0.29, 0.717) is 0 Å². The predicted octanol–water partition coefficient (Wildman–Crippen LogP) is 1.28. The van der Waals surface area contributed by atoms with Crippen LogP contribution in [0.3, 0.4) is 0 Å². The summed E-state index contributed by atoms with van der Waals surface area (Å²) < 4.78 is 0. The van der Waals surface area contributed by atoms with Gasteiger partial charge >= 0.3 is 0 Å². The van der Waals surface area contributed by atoms with E-state index in [1.165, 1.54) is 9.75 Å². The van der Waals surface area contributed by atoms with E-state index >= 15 is 0 Å². The third-order valence-corrected chi connectivity index (χ3v) is 2.94. The second kappa shape index (κ2) is 4.97. The van der Waals surface area contributed by atoms with Crippen LogP contribution >= 0.6 is 11.3 Å². The molecule has 1 unspecified atom stereocenters. The number of aryl methyl sites for hydroxylation is 1. The van der Waals surface area contributed by atoms with Crippen LogP contribution in [-0.4, -0.2) is 17.1 Å². The molecular weight excluding hydrogens is 198 g/mol. The van der Waals surface area contributed by atoms with Gasteiger partial charge in [0.15, 0.2) is 5.84 Å². The van der Waals surface area contributed by atoms with Crippen LogP contribution in [0.25, 0.3) is 0 Å². The van der Waals surface area contributed by atoms with Crippen molar-refractivity contribution in [2.45, 2.75) is 26.4 Å². The maximum atomic E-state index is 8.43. The average Bonchev–Trinajstić information content (AvgIpc) is 2.59. The van der Waals surface area contributed by atoms with E-state index in [1.54, 1.807) is 11.3 Å². The van der Waals surface area contributed by atoms with Gasteiger partial charge in [-0.25, -0.2) is 0 Å². The Balaban J connectivity index is 2.41. The van der Waals surface area contributed by atoms with Crippen LogP contribution in [-0.2, 0) is 6.54 Å². The van der Waals surface area contributed by atoms with Crippen LogP contribution in [0.15, 0.2) is 17.3 Å². The summed E-state index contributed by atoms with van der Waals surface area (Å²) in [4.78, 5) is 2.54. The topological polar surface area (TPSA) is 70.6 Å². The Bertz CT molecular complexity index is 322. The smallest absolute Gasteiger partial charge is 0.156 e. The molecule has 0 aromatic carbocycles. The molecule has 4 N–H and O–H groups in total. The predicted molar refractivity (Wildman–Crippen MR) is 58.8 cm³/mol. The zero-order valence-electron chi connectivity index (χ0n) is 8.32. The van der Waals surface area contributed by atoms with Crippen molar-refractivity contribution in [1.82, 2.24) is 5.32 Å². The number of amidine groups is 1. The SMILES string of the molecule is Cc1ccc(CNC(C)C(N)=NO)s1. The highest BCUT2D eigenvalue weighted by molar-refractivity contribution is 7.11. The monoisotopic (exact) mass is 213 g/mol. The molecule has 4 nitrogen and oxygen atoms in total. The van der Waals surface area contributed by atoms with Crippen molar-refractivity contribution in [3.8, 4) is 0 Å². The van der Waals surface area contributed by atoms with Gasteiger partial charge in [0.05, 0.1) is 6.04 Å². The highest BCUT2D eigenvalue weighted by atomic mass is 32.1. The van der Waals surface area contributed by atoms with Crippen LogP contribution in [0, 0.1) is 6.92 Å². The molecule has 0 saturated heterocycles. The normalized spacial score (nSPS) is 14.3. The summed E-state index contributed by atoms with van der Waals surface area (Å²) in [6, 6.07) is 4.05. The largest absolute Gasteiger partial charge is 0.409 e. The molecule has 5 heteroatoms. The van der Waals surface area contributed by atoms with Gasteiger partial charge in [0.2, 0.25) is 0 Å². The van der Waals surface area contributed by atoms with Gasteiger partial charge in [-0.1, -0.05) is 5.16 Å². The highest BCUT2D eigenvalue weighted by Gasteiger charge is 2.06. The summed E-state index contributed by atoms with van der Waals surface area (Å²) in [7, 11) is 0. The molecule has 1 aromatic heterocycles. The van der Waals surface area contributed by atoms with E-state index in [2.05, 4.69) is 29.5 Å². The second-order valence-electron chi connectivity index (χ2n) is 3.14. The molecule has 0 fully saturated rings. The first kappa shape index (κ1) is 11.0. The van der Waals surface area contributed by atoms with Crippen molar-refractivity contribution in [2.24, 2.45) is 10.9 Å². The van der Waals surface area contributed by atoms with Crippen molar-refractivity contribution < 1.29 is 5.21 Å². The van der Waals surface area contributed by atoms with E-state index < -0.39 is 0 Å². The molecule has 0 bridgehead atoms. The summed E-state index contributed by atoms with van der Waals surface area (Å²) >= 11 is 1.74. The Kier molecular flexibility index (Phi) is 3.91. The van der Waals surface area contributed by atoms with Crippen molar-refractivity contribution in [3.05, 3.63) is 21.9 Å². The average molecular weight is 213 g/mol. The number of oxime groups is 1. The summed E-state index contributed by atoms with van der Waals surface area (Å²) in [6.45, 7) is 4.67. The van der Waals surface area contributed by atoms with E-state index in [-0.39, 0.29) is 11.9 Å². The minimum Gasteiger partial charge on any atom is -0.409 e. The Labute approximate surface area is 87.4 Å². The first-order valence-electron chi connectivity index (χ1n) is 4.39. The standard InChI is InChI=1S/C9H15N3OS/c1-6-3-4-8(14-6)5-11-7(2)9(10)12-13/h3-4,7,11,13H,5H2,1-2H3,(H2,10,12). The van der Waals surface area contributed by atoms with Gasteiger partial charge in [-0.15, -0.1) is 11.3 Å². The minimum absolute atomic E-state index is 0.109. The van der Waals surface area contributed by atoms with Crippen molar-refractivity contribution >= 4 is 17.2 Å². The molecular formula is C9H15N3OS. The Morgan fingerprint density at radius 1 is 1.71 bits per heavy atom. The molecule has 1 rings (SSSR count). The number of nitrogens with two attached hydrogens (primary N) is 1. The van der Waals surface area contributed by atoms with Crippen LogP contribution in [0.2, 0.25) is 0 Å². The Hall–Kier alpha value is -1.07. The van der Waals surface area contributed by atoms with E-state index in [9.17, 15) is 0 Å². The van der Waals surface area contributed by atoms with E-state index in [0.717, 1.165) is 6.54 Å². The molecule has 0 aliphatic carbocycles. The zero-order valence-corrected chi connectivity index (χ0v) is 9.14. The van der Waals surface area contributed by atoms with Crippen LogP contribution < -0.4 is 11.1 Å². The van der Waals surface area contributed by atoms with Crippen LogP contribution in [0.4, 0.5) is 0 Å². The maximum Gasteiger partial charge on any atom is 0.156 e. The lowest BCUT2D eigenvalue weighted by Crippen LogP contribution is -2.38. The maximum absolute atomic E-state index is 8.43. The fourth-order valence-corrected chi connectivity index (χ4v) is 1.87. The van der Waals surface area contributed by atoms with Crippen LogP contribution in [0.5, 0.6) is 0 Å². The number of hydrogen-bond donors (Lipinski definition) is 3. The van der Waals surface area contributed by atoms with Crippen LogP contribution in [0.1, 0.15) is 16.7 Å². The lowest BCUT2D eigenvalue weighted by atomic mass is 10.3. The molecule has 0 saturated carbocycles. The molecule has 14 heavy (non-hydrogen) atoms. The summed E-state index contributed by atoms with van der Waals surface area (Å²) in [5, 5.41) is 14.5. The molecule has 1 heterocycles. The summed E-state index contributed by atoms with van der Waals surface area (Å²) in [5.74, 6) is 0.207. The quantitative estimate of drug-likeness (QED) is 0.305. The molecule has 1 aromatic rings. The number of hydrogen-bond acceptors (Lipinski definition) is 4. The fourth-order valence-electron chi connectivity index (χ4n) is 1.02. The van der Waals surface area contributed by atoms with Gasteiger partial charge in [0.25, 0.3) is 0 Å². The molecule has 1 atom stereocenters. The molecule has 78 valence electrons. The molecule has 0 aliphatic heterocycles. The van der Waals surface area contributed by atoms with E-state index in [1.807, 2.05) is 6.92 Å². The number of nitrogens with one attached hydrogen (secondary N) is 1. The van der Waals surface area contributed by atoms with Gasteiger partial charge in [0.1, 0.15) is 0 Å². The van der Waals surface area contributed by atoms with Gasteiger partial charge in [-0.05, 0) is 26.0 Å². The zero-order chi connectivity index (χ0) is 10.6. The molecule has 0 aliphatic rings. The first-order valence-corrected chi connectivity index (χ1v) is 5.21. The lowest BCUT2D eigenvalue weighted by Gasteiger charge is -2.10. The van der Waals surface area contributed by atoms with E-state index in [4.69, 9.17) is 10.9 Å². The third-order valence-electron chi connectivity index (χ3n) is 1.94. The van der Waals surface area contributed by atoms with Gasteiger partial charge in [0, 0.05) is 16.3 Å². The van der Waals surface area contributed by atoms with Gasteiger partial charge < -0.3 is 16.3 Å². The molecule has 0 radical (unpaired) electrons. The van der Waals surface area contributed by atoms with Crippen molar-refractivity contribution in [3.63, 3.8) is 0 Å². The lowest BCUT2D eigenvalue weighted by molar-refractivity contribution is 0.315. The first-order chi connectivity index (χ1) is 6.63. The number of thiophene rings is 1. The van der Waals surface area contributed by atoms with Crippen molar-refractivity contribution in [2.75, 3.05) is 0 Å². The third kappa shape index (κ3) is 3.01. The number of rotatable bonds is 4. The molecule has 0 amide bonds. The summed E-state index contributed by atoms with van der Waals surface area (Å²) in [5.41, 5.74) is 5.43. The molecule has 0 spiro atoms. The highest BCUT2D eigenvalue weighted by Crippen LogP contribution is 2.14.